The highest BCUT2D eigenvalue weighted by Crippen LogP contribution is 2.30. The van der Waals surface area contributed by atoms with Crippen molar-refractivity contribution in [3.63, 3.8) is 0 Å². The maximum absolute atomic E-state index is 13.3. The molecule has 0 saturated heterocycles. The molecule has 0 aliphatic rings. The molecule has 0 unspecified atom stereocenters. The van der Waals surface area contributed by atoms with Crippen LogP contribution < -0.4 is 5.69 Å². The topological polar surface area (TPSA) is 90.5 Å². The van der Waals surface area contributed by atoms with Crippen molar-refractivity contribution in [2.45, 2.75) is 23.3 Å². The number of aldehydes is 1. The Morgan fingerprint density at radius 3 is 2.48 bits per heavy atom. The highest BCUT2D eigenvalue weighted by molar-refractivity contribution is 7.91. The molecule has 0 saturated carbocycles. The van der Waals surface area contributed by atoms with Gasteiger partial charge >= 0.3 is 5.69 Å². The van der Waals surface area contributed by atoms with E-state index in [4.69, 9.17) is 0 Å². The minimum atomic E-state index is -3.84. The number of aromatic nitrogens is 3. The lowest BCUT2D eigenvalue weighted by atomic mass is 10.2. The zero-order valence-corrected chi connectivity index (χ0v) is 15.2. The molecule has 0 radical (unpaired) electrons. The highest BCUT2D eigenvalue weighted by atomic mass is 32.2. The molecule has 0 spiro atoms. The second-order valence-corrected chi connectivity index (χ2v) is 8.07. The van der Waals surface area contributed by atoms with Crippen LogP contribution in [-0.4, -0.2) is 28.9 Å². The third kappa shape index (κ3) is 2.57. The fraction of sp³-hybridized carbons (Fsp3) is 0.105. The number of sulfone groups is 1. The van der Waals surface area contributed by atoms with Crippen molar-refractivity contribution in [1.82, 2.24) is 14.2 Å². The van der Waals surface area contributed by atoms with Crippen molar-refractivity contribution in [2.75, 3.05) is 0 Å². The van der Waals surface area contributed by atoms with E-state index in [1.807, 2.05) is 6.92 Å². The van der Waals surface area contributed by atoms with Crippen molar-refractivity contribution in [2.24, 2.45) is 0 Å². The van der Waals surface area contributed by atoms with E-state index in [1.54, 1.807) is 42.5 Å². The van der Waals surface area contributed by atoms with Gasteiger partial charge in [-0.1, -0.05) is 23.8 Å². The van der Waals surface area contributed by atoms with Crippen molar-refractivity contribution in [3.05, 3.63) is 70.8 Å². The first-order chi connectivity index (χ1) is 12.9. The first-order valence-electron chi connectivity index (χ1n) is 8.20. The zero-order chi connectivity index (χ0) is 19.2. The standard InChI is InChI=1S/C19H15N3O4S/c1-13-5-7-14(8-6-13)27(25,26)17-4-2-3-15-18(17)16-9-10-20-22(16)19(24)21(15)11-12-23/h2-10,12H,11H2,1H3. The Morgan fingerprint density at radius 1 is 1.04 bits per heavy atom. The normalized spacial score (nSPS) is 11.9. The molecule has 27 heavy (non-hydrogen) atoms. The van der Waals surface area contributed by atoms with E-state index < -0.39 is 15.5 Å². The molecular formula is C19H15N3O4S. The Labute approximate surface area is 154 Å². The molecule has 2 heterocycles. The van der Waals surface area contributed by atoms with Gasteiger partial charge in [-0.15, -0.1) is 0 Å². The average Bonchev–Trinajstić information content (AvgIpc) is 3.15. The lowest BCUT2D eigenvalue weighted by Crippen LogP contribution is -2.28. The second-order valence-electron chi connectivity index (χ2n) is 6.15. The van der Waals surface area contributed by atoms with Crippen LogP contribution in [0.1, 0.15) is 5.56 Å². The molecule has 0 aliphatic carbocycles. The van der Waals surface area contributed by atoms with Crippen LogP contribution in [0.25, 0.3) is 16.4 Å². The fourth-order valence-corrected chi connectivity index (χ4v) is 4.67. The third-order valence-corrected chi connectivity index (χ3v) is 6.30. The summed E-state index contributed by atoms with van der Waals surface area (Å²) >= 11 is 0. The van der Waals surface area contributed by atoms with Crippen LogP contribution >= 0.6 is 0 Å². The molecule has 4 aromatic rings. The molecule has 0 amide bonds. The molecule has 2 aromatic carbocycles. The number of rotatable bonds is 4. The molecular weight excluding hydrogens is 366 g/mol. The number of benzene rings is 2. The molecule has 136 valence electrons. The second kappa shape index (κ2) is 6.17. The average molecular weight is 381 g/mol. The molecule has 0 bridgehead atoms. The van der Waals surface area contributed by atoms with Crippen LogP contribution in [-0.2, 0) is 21.2 Å². The summed E-state index contributed by atoms with van der Waals surface area (Å²) in [4.78, 5) is 23.9. The molecule has 0 atom stereocenters. The largest absolute Gasteiger partial charge is 0.350 e. The van der Waals surface area contributed by atoms with E-state index in [0.29, 0.717) is 22.7 Å². The summed E-state index contributed by atoms with van der Waals surface area (Å²) in [7, 11) is -3.84. The number of fused-ring (bicyclic) bond motifs is 3. The monoisotopic (exact) mass is 381 g/mol. The van der Waals surface area contributed by atoms with Crippen LogP contribution in [0.4, 0.5) is 0 Å². The zero-order valence-electron chi connectivity index (χ0n) is 14.4. The molecule has 2 aromatic heterocycles. The smallest absolute Gasteiger partial charge is 0.301 e. The Bertz CT molecular complexity index is 1350. The van der Waals surface area contributed by atoms with Gasteiger partial charge < -0.3 is 4.79 Å². The first kappa shape index (κ1) is 17.2. The number of carbonyl (C=O) groups excluding carboxylic acids is 1. The number of carbonyl (C=O) groups is 1. The predicted octanol–water partition coefficient (Wildman–Crippen LogP) is 1.99. The van der Waals surface area contributed by atoms with E-state index in [-0.39, 0.29) is 16.3 Å². The van der Waals surface area contributed by atoms with Gasteiger partial charge in [-0.25, -0.2) is 13.2 Å². The summed E-state index contributed by atoms with van der Waals surface area (Å²) in [5, 5.41) is 4.35. The van der Waals surface area contributed by atoms with Gasteiger partial charge in [0.25, 0.3) is 0 Å². The first-order valence-corrected chi connectivity index (χ1v) is 9.68. The van der Waals surface area contributed by atoms with E-state index in [9.17, 15) is 18.0 Å². The van der Waals surface area contributed by atoms with Gasteiger partial charge in [0.15, 0.2) is 0 Å². The Hall–Kier alpha value is -3.26. The SMILES string of the molecule is Cc1ccc(S(=O)(=O)c2cccc3c2c2ccnn2c(=O)n3CC=O)cc1. The molecule has 8 heteroatoms. The quantitative estimate of drug-likeness (QED) is 0.504. The van der Waals surface area contributed by atoms with Crippen LogP contribution in [0.15, 0.2) is 69.3 Å². The van der Waals surface area contributed by atoms with Crippen molar-refractivity contribution >= 4 is 32.5 Å². The lowest BCUT2D eigenvalue weighted by molar-refractivity contribution is -0.108. The molecule has 0 N–H and O–H groups in total. The van der Waals surface area contributed by atoms with E-state index in [1.165, 1.54) is 16.8 Å². The lowest BCUT2D eigenvalue weighted by Gasteiger charge is -2.13. The number of hydrogen-bond donors (Lipinski definition) is 0. The minimum Gasteiger partial charge on any atom is -0.301 e. The molecule has 0 aliphatic heterocycles. The third-order valence-electron chi connectivity index (χ3n) is 4.48. The van der Waals surface area contributed by atoms with E-state index in [0.717, 1.165) is 10.1 Å². The number of nitrogens with zero attached hydrogens (tertiary/aromatic N) is 3. The van der Waals surface area contributed by atoms with Gasteiger partial charge in [0, 0.05) is 5.39 Å². The van der Waals surface area contributed by atoms with Crippen molar-refractivity contribution in [3.8, 4) is 0 Å². The van der Waals surface area contributed by atoms with E-state index >= 15 is 0 Å². The van der Waals surface area contributed by atoms with Crippen molar-refractivity contribution in [1.29, 1.82) is 0 Å². The summed E-state index contributed by atoms with van der Waals surface area (Å²) < 4.78 is 28.9. The number of aryl methyl sites for hydroxylation is 1. The van der Waals surface area contributed by atoms with E-state index in [2.05, 4.69) is 5.10 Å². The maximum atomic E-state index is 13.3. The van der Waals surface area contributed by atoms with Gasteiger partial charge in [-0.05, 0) is 37.3 Å². The van der Waals surface area contributed by atoms with Gasteiger partial charge in [-0.2, -0.15) is 9.61 Å². The van der Waals surface area contributed by atoms with Gasteiger partial charge in [0.1, 0.15) is 6.29 Å². The summed E-state index contributed by atoms with van der Waals surface area (Å²) in [5.41, 5.74) is 1.20. The predicted molar refractivity (Wildman–Crippen MR) is 99.7 cm³/mol. The van der Waals surface area contributed by atoms with Crippen LogP contribution in [0.3, 0.4) is 0 Å². The Kier molecular flexibility index (Phi) is 3.92. The van der Waals surface area contributed by atoms with Crippen LogP contribution in [0.5, 0.6) is 0 Å². The maximum Gasteiger partial charge on any atom is 0.350 e. The van der Waals surface area contributed by atoms with Gasteiger partial charge in [0.2, 0.25) is 9.84 Å². The van der Waals surface area contributed by atoms with Crippen molar-refractivity contribution < 1.29 is 13.2 Å². The Morgan fingerprint density at radius 2 is 1.78 bits per heavy atom. The summed E-state index contributed by atoms with van der Waals surface area (Å²) in [6.45, 7) is 1.68. The summed E-state index contributed by atoms with van der Waals surface area (Å²) in [6.07, 6.45) is 2.02. The Balaban J connectivity index is 2.16. The minimum absolute atomic E-state index is 0.0639. The summed E-state index contributed by atoms with van der Waals surface area (Å²) in [5.74, 6) is 0. The summed E-state index contributed by atoms with van der Waals surface area (Å²) in [6, 6.07) is 12.8. The van der Waals surface area contributed by atoms with Gasteiger partial charge in [-0.3, -0.25) is 4.57 Å². The van der Waals surface area contributed by atoms with Gasteiger partial charge in [0.05, 0.1) is 33.6 Å². The number of hydrogen-bond acceptors (Lipinski definition) is 5. The van der Waals surface area contributed by atoms with Crippen LogP contribution in [0, 0.1) is 6.92 Å². The molecule has 7 nitrogen and oxygen atoms in total. The molecule has 4 rings (SSSR count). The molecule has 0 fully saturated rings. The van der Waals surface area contributed by atoms with Crippen LogP contribution in [0.2, 0.25) is 0 Å². The highest BCUT2D eigenvalue weighted by Gasteiger charge is 2.24. The fourth-order valence-electron chi connectivity index (χ4n) is 3.18.